The Morgan fingerprint density at radius 2 is 1.60 bits per heavy atom. The van der Waals surface area contributed by atoms with Crippen LogP contribution in [0.4, 0.5) is 0 Å². The first-order chi connectivity index (χ1) is 9.53. The molecule has 0 fully saturated rings. The highest BCUT2D eigenvalue weighted by Gasteiger charge is 2.04. The summed E-state index contributed by atoms with van der Waals surface area (Å²) in [5.74, 6) is 1.51. The molecule has 0 aliphatic carbocycles. The maximum Gasteiger partial charge on any atom is 0.209 e. The first kappa shape index (κ1) is 16.8. The number of hydrogen-bond acceptors (Lipinski definition) is 4. The zero-order valence-electron chi connectivity index (χ0n) is 11.9. The molecule has 6 heteroatoms. The van der Waals surface area contributed by atoms with Gasteiger partial charge in [-0.25, -0.2) is 13.6 Å². The second-order valence-corrected chi connectivity index (χ2v) is 6.31. The zero-order valence-corrected chi connectivity index (χ0v) is 12.7. The van der Waals surface area contributed by atoms with Crippen LogP contribution in [0.15, 0.2) is 24.3 Å². The van der Waals surface area contributed by atoms with Crippen LogP contribution in [0.2, 0.25) is 0 Å². The molecule has 1 aromatic carbocycles. The van der Waals surface area contributed by atoms with Gasteiger partial charge in [-0.05, 0) is 37.8 Å². The van der Waals surface area contributed by atoms with Gasteiger partial charge in [0.25, 0.3) is 0 Å². The highest BCUT2D eigenvalue weighted by atomic mass is 32.2. The topological polar surface area (TPSA) is 78.6 Å². The van der Waals surface area contributed by atoms with Crippen molar-refractivity contribution < 1.29 is 17.9 Å². The molecule has 1 rings (SSSR count). The average molecular weight is 301 g/mol. The molecular weight excluding hydrogens is 278 g/mol. The predicted octanol–water partition coefficient (Wildman–Crippen LogP) is 2.31. The van der Waals surface area contributed by atoms with Crippen molar-refractivity contribution in [2.24, 2.45) is 5.14 Å². The molecule has 0 unspecified atom stereocenters. The van der Waals surface area contributed by atoms with Gasteiger partial charge in [0, 0.05) is 0 Å². The number of hydrogen-bond donors (Lipinski definition) is 1. The molecule has 0 aromatic heterocycles. The van der Waals surface area contributed by atoms with Crippen molar-refractivity contribution >= 4 is 10.0 Å². The van der Waals surface area contributed by atoms with Crippen LogP contribution in [0.1, 0.15) is 32.6 Å². The lowest BCUT2D eigenvalue weighted by Crippen LogP contribution is -2.16. The predicted molar refractivity (Wildman–Crippen MR) is 79.5 cm³/mol. The largest absolute Gasteiger partial charge is 0.490 e. The molecule has 114 valence electrons. The number of sulfonamides is 1. The van der Waals surface area contributed by atoms with E-state index in [-0.39, 0.29) is 5.75 Å². The average Bonchev–Trinajstić information content (AvgIpc) is 2.40. The van der Waals surface area contributed by atoms with Gasteiger partial charge in [0.2, 0.25) is 10.0 Å². The second-order valence-electron chi connectivity index (χ2n) is 4.57. The van der Waals surface area contributed by atoms with Gasteiger partial charge in [0.15, 0.2) is 11.5 Å². The van der Waals surface area contributed by atoms with Crippen molar-refractivity contribution in [1.29, 1.82) is 0 Å². The van der Waals surface area contributed by atoms with Crippen LogP contribution in [-0.2, 0) is 10.0 Å². The molecule has 20 heavy (non-hydrogen) atoms. The Bertz CT molecular complexity index is 488. The highest BCUT2D eigenvalue weighted by molar-refractivity contribution is 7.89. The first-order valence-corrected chi connectivity index (χ1v) is 8.59. The molecule has 0 radical (unpaired) electrons. The van der Waals surface area contributed by atoms with E-state index >= 15 is 0 Å². The first-order valence-electron chi connectivity index (χ1n) is 6.88. The van der Waals surface area contributed by atoms with Crippen molar-refractivity contribution in [3.63, 3.8) is 0 Å². The Balaban J connectivity index is 2.28. The van der Waals surface area contributed by atoms with E-state index in [1.165, 1.54) is 0 Å². The van der Waals surface area contributed by atoms with Crippen molar-refractivity contribution in [3.8, 4) is 11.5 Å². The van der Waals surface area contributed by atoms with Crippen molar-refractivity contribution in [2.45, 2.75) is 32.6 Å². The summed E-state index contributed by atoms with van der Waals surface area (Å²) in [6.45, 7) is 3.25. The molecule has 0 saturated heterocycles. The molecule has 0 atom stereocenters. The molecule has 0 amide bonds. The quantitative estimate of drug-likeness (QED) is 0.673. The smallest absolute Gasteiger partial charge is 0.209 e. The number of primary sulfonamides is 1. The van der Waals surface area contributed by atoms with Crippen molar-refractivity contribution in [2.75, 3.05) is 19.0 Å². The van der Waals surface area contributed by atoms with Gasteiger partial charge in [-0.2, -0.15) is 0 Å². The fourth-order valence-electron chi connectivity index (χ4n) is 1.66. The molecule has 0 bridgehead atoms. The SMILES string of the molecule is CCCOc1ccccc1OCCCCCS(N)(=O)=O. The minimum Gasteiger partial charge on any atom is -0.490 e. The second kappa shape index (κ2) is 8.81. The van der Waals surface area contributed by atoms with Crippen molar-refractivity contribution in [1.82, 2.24) is 0 Å². The minimum absolute atomic E-state index is 0.0310. The number of ether oxygens (including phenoxy) is 2. The van der Waals surface area contributed by atoms with E-state index in [0.717, 1.165) is 30.8 Å². The third-order valence-corrected chi connectivity index (χ3v) is 3.50. The molecule has 0 saturated carbocycles. The van der Waals surface area contributed by atoms with Gasteiger partial charge < -0.3 is 9.47 Å². The van der Waals surface area contributed by atoms with Gasteiger partial charge >= 0.3 is 0 Å². The maximum atomic E-state index is 10.8. The Morgan fingerprint density at radius 3 is 2.15 bits per heavy atom. The molecule has 2 N–H and O–H groups in total. The van der Waals surface area contributed by atoms with Crippen LogP contribution < -0.4 is 14.6 Å². The summed E-state index contributed by atoms with van der Waals surface area (Å²) < 4.78 is 32.8. The third-order valence-electron chi connectivity index (χ3n) is 2.64. The van der Waals surface area contributed by atoms with E-state index in [1.54, 1.807) is 0 Å². The lowest BCUT2D eigenvalue weighted by molar-refractivity contribution is 0.264. The van der Waals surface area contributed by atoms with E-state index in [1.807, 2.05) is 24.3 Å². The normalized spacial score (nSPS) is 11.3. The standard InChI is InChI=1S/C14H23NO4S/c1-2-10-18-13-8-4-5-9-14(13)19-11-6-3-7-12-20(15,16)17/h4-5,8-9H,2-3,6-7,10-12H2,1H3,(H2,15,16,17). The van der Waals surface area contributed by atoms with E-state index in [9.17, 15) is 8.42 Å². The van der Waals surface area contributed by atoms with E-state index in [0.29, 0.717) is 19.6 Å². The molecule has 0 heterocycles. The Labute approximate surface area is 121 Å². The van der Waals surface area contributed by atoms with Crippen LogP contribution in [0.3, 0.4) is 0 Å². The summed E-state index contributed by atoms with van der Waals surface area (Å²) in [6, 6.07) is 7.56. The molecule has 0 aliphatic heterocycles. The van der Waals surface area contributed by atoms with Crippen LogP contribution in [0.5, 0.6) is 11.5 Å². The van der Waals surface area contributed by atoms with E-state index in [2.05, 4.69) is 6.92 Å². The van der Waals surface area contributed by atoms with E-state index in [4.69, 9.17) is 14.6 Å². The molecule has 1 aromatic rings. The summed E-state index contributed by atoms with van der Waals surface area (Å²) in [7, 11) is -3.34. The third kappa shape index (κ3) is 7.35. The maximum absolute atomic E-state index is 10.8. The monoisotopic (exact) mass is 301 g/mol. The van der Waals surface area contributed by atoms with Gasteiger partial charge in [-0.1, -0.05) is 19.1 Å². The van der Waals surface area contributed by atoms with E-state index < -0.39 is 10.0 Å². The Hall–Kier alpha value is -1.27. The molecular formula is C14H23NO4S. The number of rotatable bonds is 10. The lowest BCUT2D eigenvalue weighted by atomic mass is 10.2. The summed E-state index contributed by atoms with van der Waals surface area (Å²) in [4.78, 5) is 0. The Morgan fingerprint density at radius 1 is 1.00 bits per heavy atom. The molecule has 5 nitrogen and oxygen atoms in total. The Kier molecular flexibility index (Phi) is 7.40. The highest BCUT2D eigenvalue weighted by Crippen LogP contribution is 2.26. The van der Waals surface area contributed by atoms with Gasteiger partial charge in [-0.3, -0.25) is 0 Å². The number of benzene rings is 1. The molecule has 0 spiro atoms. The summed E-state index contributed by atoms with van der Waals surface area (Å²) in [5.41, 5.74) is 0. The summed E-state index contributed by atoms with van der Waals surface area (Å²) in [5, 5.41) is 4.93. The van der Waals surface area contributed by atoms with Crippen molar-refractivity contribution in [3.05, 3.63) is 24.3 Å². The number of para-hydroxylation sites is 2. The number of unbranched alkanes of at least 4 members (excludes halogenated alkanes) is 2. The van der Waals surface area contributed by atoms with Gasteiger partial charge in [0.1, 0.15) is 0 Å². The van der Waals surface area contributed by atoms with Gasteiger partial charge in [0.05, 0.1) is 19.0 Å². The zero-order chi connectivity index (χ0) is 14.8. The van der Waals surface area contributed by atoms with Crippen LogP contribution in [-0.4, -0.2) is 27.4 Å². The van der Waals surface area contributed by atoms with Crippen LogP contribution in [0.25, 0.3) is 0 Å². The fraction of sp³-hybridized carbons (Fsp3) is 0.571. The van der Waals surface area contributed by atoms with Crippen LogP contribution >= 0.6 is 0 Å². The lowest BCUT2D eigenvalue weighted by Gasteiger charge is -2.11. The summed E-state index contributed by atoms with van der Waals surface area (Å²) >= 11 is 0. The summed E-state index contributed by atoms with van der Waals surface area (Å²) in [6.07, 6.45) is 3.07. The van der Waals surface area contributed by atoms with Gasteiger partial charge in [-0.15, -0.1) is 0 Å². The van der Waals surface area contributed by atoms with Crippen LogP contribution in [0, 0.1) is 0 Å². The number of nitrogens with two attached hydrogens (primary N) is 1. The fourth-order valence-corrected chi connectivity index (χ4v) is 2.27. The minimum atomic E-state index is -3.34. The molecule has 0 aliphatic rings.